The molecule has 52 heavy (non-hydrogen) atoms. The molecular formula is C48H32N2O2. The van der Waals surface area contributed by atoms with Crippen molar-refractivity contribution >= 4 is 78.0 Å². The molecular weight excluding hydrogens is 637 g/mol. The van der Waals surface area contributed by atoms with Gasteiger partial charge in [0.15, 0.2) is 5.58 Å². The number of furan rings is 2. The van der Waals surface area contributed by atoms with Crippen LogP contribution in [0.4, 0.5) is 34.1 Å². The first-order valence-corrected chi connectivity index (χ1v) is 17.5. The maximum Gasteiger partial charge on any atom is 0.159 e. The minimum Gasteiger partial charge on any atom is -0.456 e. The summed E-state index contributed by atoms with van der Waals surface area (Å²) in [6.45, 7) is 0. The molecule has 10 aromatic rings. The smallest absolute Gasteiger partial charge is 0.159 e. The molecule has 0 saturated carbocycles. The Morgan fingerprint density at radius 2 is 0.769 bits per heavy atom. The largest absolute Gasteiger partial charge is 0.456 e. The van der Waals surface area contributed by atoms with E-state index < -0.39 is 0 Å². The van der Waals surface area contributed by atoms with Crippen LogP contribution in [0.5, 0.6) is 0 Å². The van der Waals surface area contributed by atoms with Gasteiger partial charge in [-0.1, -0.05) is 109 Å². The number of rotatable bonds is 7. The van der Waals surface area contributed by atoms with Gasteiger partial charge in [-0.25, -0.2) is 0 Å². The molecule has 0 radical (unpaired) electrons. The molecule has 0 atom stereocenters. The van der Waals surface area contributed by atoms with E-state index in [1.54, 1.807) is 0 Å². The predicted molar refractivity (Wildman–Crippen MR) is 216 cm³/mol. The SMILES string of the molecule is c1ccc(-c2ccc(N(c3ccc4c(c3)oc3ccccc34)c3ccc4c(c3)oc3c(N(c5ccccc5)c5ccccc5)cccc34)cc2)cc1. The number of fused-ring (bicyclic) bond motifs is 6. The van der Waals surface area contributed by atoms with Gasteiger partial charge in [-0.05, 0) is 83.9 Å². The third-order valence-corrected chi connectivity index (χ3v) is 9.84. The minimum absolute atomic E-state index is 0.816. The van der Waals surface area contributed by atoms with E-state index >= 15 is 0 Å². The Morgan fingerprint density at radius 3 is 1.44 bits per heavy atom. The first kappa shape index (κ1) is 29.8. The first-order chi connectivity index (χ1) is 25.8. The van der Waals surface area contributed by atoms with Crippen LogP contribution in [0.25, 0.3) is 55.0 Å². The molecule has 0 spiro atoms. The molecule has 2 heterocycles. The number of benzene rings is 8. The zero-order valence-corrected chi connectivity index (χ0v) is 28.2. The normalized spacial score (nSPS) is 11.5. The molecule has 0 aliphatic rings. The summed E-state index contributed by atoms with van der Waals surface area (Å²) in [5.74, 6) is 0. The van der Waals surface area contributed by atoms with Crippen LogP contribution >= 0.6 is 0 Å². The molecule has 2 aromatic heterocycles. The number of anilines is 6. The number of hydrogen-bond acceptors (Lipinski definition) is 4. The van der Waals surface area contributed by atoms with Crippen molar-refractivity contribution < 1.29 is 8.83 Å². The quantitative estimate of drug-likeness (QED) is 0.169. The zero-order valence-electron chi connectivity index (χ0n) is 28.2. The fraction of sp³-hybridized carbons (Fsp3) is 0. The summed E-state index contributed by atoms with van der Waals surface area (Å²) < 4.78 is 13.2. The Bertz CT molecular complexity index is 2800. The summed E-state index contributed by atoms with van der Waals surface area (Å²) in [5.41, 5.74) is 11.9. The third kappa shape index (κ3) is 5.09. The molecule has 0 bridgehead atoms. The molecule has 4 nitrogen and oxygen atoms in total. The van der Waals surface area contributed by atoms with Crippen molar-refractivity contribution in [3.8, 4) is 11.1 Å². The van der Waals surface area contributed by atoms with Crippen LogP contribution in [-0.2, 0) is 0 Å². The van der Waals surface area contributed by atoms with Crippen LogP contribution in [0.1, 0.15) is 0 Å². The zero-order chi connectivity index (χ0) is 34.4. The van der Waals surface area contributed by atoms with Gasteiger partial charge in [-0.2, -0.15) is 0 Å². The second-order valence-electron chi connectivity index (χ2n) is 13.0. The van der Waals surface area contributed by atoms with E-state index in [4.69, 9.17) is 8.83 Å². The van der Waals surface area contributed by atoms with Crippen LogP contribution in [0.3, 0.4) is 0 Å². The topological polar surface area (TPSA) is 32.8 Å². The summed E-state index contributed by atoms with van der Waals surface area (Å²) in [7, 11) is 0. The van der Waals surface area contributed by atoms with Crippen LogP contribution in [0.15, 0.2) is 203 Å². The van der Waals surface area contributed by atoms with Gasteiger partial charge in [-0.15, -0.1) is 0 Å². The molecule has 0 unspecified atom stereocenters. The maximum atomic E-state index is 6.87. The monoisotopic (exact) mass is 668 g/mol. The van der Waals surface area contributed by atoms with Crippen molar-refractivity contribution in [2.75, 3.05) is 9.80 Å². The summed E-state index contributed by atoms with van der Waals surface area (Å²) in [5, 5.41) is 4.34. The Kier molecular flexibility index (Phi) is 7.10. The van der Waals surface area contributed by atoms with Crippen molar-refractivity contribution in [3.05, 3.63) is 194 Å². The van der Waals surface area contributed by atoms with Crippen LogP contribution in [0.2, 0.25) is 0 Å². The molecule has 0 aliphatic heterocycles. The summed E-state index contributed by atoms with van der Waals surface area (Å²) in [6.07, 6.45) is 0. The summed E-state index contributed by atoms with van der Waals surface area (Å²) >= 11 is 0. The van der Waals surface area contributed by atoms with E-state index in [2.05, 4.69) is 174 Å². The summed E-state index contributed by atoms with van der Waals surface area (Å²) in [6, 6.07) is 67.7. The average Bonchev–Trinajstić information content (AvgIpc) is 3.78. The molecule has 8 aromatic carbocycles. The number of para-hydroxylation sites is 4. The van der Waals surface area contributed by atoms with Crippen molar-refractivity contribution in [3.63, 3.8) is 0 Å². The Morgan fingerprint density at radius 1 is 0.288 bits per heavy atom. The second kappa shape index (κ2) is 12.4. The fourth-order valence-corrected chi connectivity index (χ4v) is 7.40. The molecule has 0 amide bonds. The van der Waals surface area contributed by atoms with Gasteiger partial charge in [0.25, 0.3) is 0 Å². The minimum atomic E-state index is 0.816. The van der Waals surface area contributed by atoms with Gasteiger partial charge in [0.05, 0.1) is 5.69 Å². The molecule has 0 fully saturated rings. The van der Waals surface area contributed by atoms with Gasteiger partial charge in [-0.3, -0.25) is 0 Å². The third-order valence-electron chi connectivity index (χ3n) is 9.84. The van der Waals surface area contributed by atoms with Crippen molar-refractivity contribution in [2.45, 2.75) is 0 Å². The molecule has 246 valence electrons. The number of nitrogens with zero attached hydrogens (tertiary/aromatic N) is 2. The van der Waals surface area contributed by atoms with Gasteiger partial charge in [0.1, 0.15) is 16.7 Å². The Balaban J connectivity index is 1.14. The highest BCUT2D eigenvalue weighted by atomic mass is 16.3. The Hall–Kier alpha value is -7.04. The lowest BCUT2D eigenvalue weighted by molar-refractivity contribution is 0.669. The maximum absolute atomic E-state index is 6.87. The van der Waals surface area contributed by atoms with E-state index in [1.807, 2.05) is 30.3 Å². The molecule has 0 saturated heterocycles. The van der Waals surface area contributed by atoms with Crippen LogP contribution in [-0.4, -0.2) is 0 Å². The predicted octanol–water partition coefficient (Wildman–Crippen LogP) is 14.1. The highest BCUT2D eigenvalue weighted by molar-refractivity contribution is 6.11. The molecule has 0 aliphatic carbocycles. The average molecular weight is 669 g/mol. The lowest BCUT2D eigenvalue weighted by atomic mass is 10.0. The van der Waals surface area contributed by atoms with E-state index in [1.165, 1.54) is 11.1 Å². The summed E-state index contributed by atoms with van der Waals surface area (Å²) in [4.78, 5) is 4.53. The lowest BCUT2D eigenvalue weighted by Gasteiger charge is -2.25. The highest BCUT2D eigenvalue weighted by Crippen LogP contribution is 2.44. The second-order valence-corrected chi connectivity index (χ2v) is 13.0. The fourth-order valence-electron chi connectivity index (χ4n) is 7.40. The Labute approximate surface area is 301 Å². The number of hydrogen-bond donors (Lipinski definition) is 0. The standard InChI is InChI=1S/C48H32N2O2/c1-4-13-33(14-5-1)34-23-25-37(26-24-34)49(38-27-29-41-40-19-10-11-22-45(40)51-46(41)31-38)39-28-30-42-43-20-12-21-44(48(43)52-47(42)32-39)50(35-15-6-2-7-16-35)36-17-8-3-9-18-36/h1-32H. The van der Waals surface area contributed by atoms with Crippen LogP contribution in [0, 0.1) is 0 Å². The first-order valence-electron chi connectivity index (χ1n) is 17.5. The molecule has 0 N–H and O–H groups in total. The lowest BCUT2D eigenvalue weighted by Crippen LogP contribution is -2.09. The van der Waals surface area contributed by atoms with Gasteiger partial charge in [0, 0.05) is 62.1 Å². The van der Waals surface area contributed by atoms with Gasteiger partial charge in [0.2, 0.25) is 0 Å². The molecule has 4 heteroatoms. The van der Waals surface area contributed by atoms with Crippen molar-refractivity contribution in [1.29, 1.82) is 0 Å². The van der Waals surface area contributed by atoms with Crippen LogP contribution < -0.4 is 9.80 Å². The van der Waals surface area contributed by atoms with Crippen molar-refractivity contribution in [2.24, 2.45) is 0 Å². The molecule has 10 rings (SSSR count). The van der Waals surface area contributed by atoms with Crippen molar-refractivity contribution in [1.82, 2.24) is 0 Å². The van der Waals surface area contributed by atoms with E-state index in [0.29, 0.717) is 0 Å². The van der Waals surface area contributed by atoms with E-state index in [0.717, 1.165) is 78.0 Å². The van der Waals surface area contributed by atoms with E-state index in [9.17, 15) is 0 Å². The highest BCUT2D eigenvalue weighted by Gasteiger charge is 2.21. The van der Waals surface area contributed by atoms with Gasteiger partial charge >= 0.3 is 0 Å². The van der Waals surface area contributed by atoms with Gasteiger partial charge < -0.3 is 18.6 Å². The van der Waals surface area contributed by atoms with E-state index in [-0.39, 0.29) is 0 Å².